The van der Waals surface area contributed by atoms with E-state index in [2.05, 4.69) is 5.16 Å². The minimum Gasteiger partial charge on any atom is -0.496 e. The minimum absolute atomic E-state index is 0.180. The number of oxime groups is 1. The third kappa shape index (κ3) is 3.90. The van der Waals surface area contributed by atoms with Crippen molar-refractivity contribution in [3.63, 3.8) is 0 Å². The summed E-state index contributed by atoms with van der Waals surface area (Å²) in [5.41, 5.74) is 1.46. The largest absolute Gasteiger partial charge is 0.496 e. The van der Waals surface area contributed by atoms with Gasteiger partial charge in [-0.2, -0.15) is 4.31 Å². The Labute approximate surface area is 175 Å². The van der Waals surface area contributed by atoms with Crippen LogP contribution in [0.3, 0.4) is 0 Å². The van der Waals surface area contributed by atoms with Crippen LogP contribution in [-0.2, 0) is 19.7 Å². The lowest BCUT2D eigenvalue weighted by atomic mass is 10.0. The van der Waals surface area contributed by atoms with Crippen molar-refractivity contribution in [2.24, 2.45) is 5.16 Å². The van der Waals surface area contributed by atoms with Crippen molar-refractivity contribution in [2.75, 3.05) is 33.3 Å². The predicted molar refractivity (Wildman–Crippen MR) is 111 cm³/mol. The van der Waals surface area contributed by atoms with Gasteiger partial charge in [0.15, 0.2) is 0 Å². The lowest BCUT2D eigenvalue weighted by Crippen LogP contribution is -2.52. The quantitative estimate of drug-likeness (QED) is 0.722. The fourth-order valence-electron chi connectivity index (χ4n) is 3.65. The summed E-state index contributed by atoms with van der Waals surface area (Å²) in [6, 6.07) is 15.8. The first-order chi connectivity index (χ1) is 14.5. The third-order valence-corrected chi connectivity index (χ3v) is 7.21. The molecule has 0 N–H and O–H groups in total. The van der Waals surface area contributed by atoms with E-state index < -0.39 is 16.1 Å². The molecule has 1 saturated heterocycles. The highest BCUT2D eigenvalue weighted by molar-refractivity contribution is 7.89. The second-order valence-corrected chi connectivity index (χ2v) is 9.02. The van der Waals surface area contributed by atoms with Crippen LogP contribution in [0.2, 0.25) is 0 Å². The Morgan fingerprint density at radius 2 is 1.70 bits per heavy atom. The molecule has 1 unspecified atom stereocenters. The molecule has 2 aliphatic rings. The van der Waals surface area contributed by atoms with Gasteiger partial charge < -0.3 is 14.5 Å². The number of para-hydroxylation sites is 1. The molecule has 30 heavy (non-hydrogen) atoms. The Hall–Kier alpha value is -2.91. The Balaban J connectivity index is 1.37. The number of carbonyl (C=O) groups excluding carboxylic acids is 1. The zero-order chi connectivity index (χ0) is 21.1. The smallest absolute Gasteiger partial charge is 0.266 e. The van der Waals surface area contributed by atoms with E-state index in [1.165, 1.54) is 4.31 Å². The monoisotopic (exact) mass is 429 g/mol. The average Bonchev–Trinajstić information content (AvgIpc) is 3.29. The summed E-state index contributed by atoms with van der Waals surface area (Å²) in [4.78, 5) is 20.2. The van der Waals surface area contributed by atoms with Gasteiger partial charge in [-0.25, -0.2) is 8.42 Å². The molecule has 0 spiro atoms. The maximum Gasteiger partial charge on any atom is 0.266 e. The Bertz CT molecular complexity index is 1050. The van der Waals surface area contributed by atoms with Crippen molar-refractivity contribution < 1.29 is 22.8 Å². The highest BCUT2D eigenvalue weighted by Gasteiger charge is 2.36. The molecule has 8 nitrogen and oxygen atoms in total. The predicted octanol–water partition coefficient (Wildman–Crippen LogP) is 1.72. The van der Waals surface area contributed by atoms with Crippen molar-refractivity contribution in [3.05, 3.63) is 60.2 Å². The average molecular weight is 429 g/mol. The van der Waals surface area contributed by atoms with Crippen LogP contribution in [0.15, 0.2) is 64.6 Å². The fourth-order valence-corrected chi connectivity index (χ4v) is 5.09. The number of nitrogens with zero attached hydrogens (tertiary/aromatic N) is 3. The van der Waals surface area contributed by atoms with Crippen LogP contribution in [0.25, 0.3) is 0 Å². The number of piperazine rings is 1. The van der Waals surface area contributed by atoms with Crippen molar-refractivity contribution in [1.29, 1.82) is 0 Å². The van der Waals surface area contributed by atoms with E-state index in [0.717, 1.165) is 5.56 Å². The molecule has 0 aliphatic carbocycles. The first-order valence-corrected chi connectivity index (χ1v) is 11.1. The van der Waals surface area contributed by atoms with Gasteiger partial charge in [-0.1, -0.05) is 35.5 Å². The molecule has 158 valence electrons. The normalized spacial score (nSPS) is 19.8. The van der Waals surface area contributed by atoms with Crippen LogP contribution < -0.4 is 4.74 Å². The molecule has 4 rings (SSSR count). The molecule has 0 radical (unpaired) electrons. The van der Waals surface area contributed by atoms with Gasteiger partial charge in [0.2, 0.25) is 16.1 Å². The number of hydrogen-bond acceptors (Lipinski definition) is 6. The molecule has 2 aliphatic heterocycles. The molecule has 0 bridgehead atoms. The Morgan fingerprint density at radius 3 is 2.40 bits per heavy atom. The maximum absolute atomic E-state index is 12.9. The van der Waals surface area contributed by atoms with Crippen LogP contribution in [-0.4, -0.2) is 68.6 Å². The highest BCUT2D eigenvalue weighted by atomic mass is 32.2. The number of rotatable bonds is 5. The van der Waals surface area contributed by atoms with Crippen LogP contribution in [0.5, 0.6) is 5.75 Å². The van der Waals surface area contributed by atoms with Gasteiger partial charge in [0, 0.05) is 38.2 Å². The Morgan fingerprint density at radius 1 is 1.03 bits per heavy atom. The summed E-state index contributed by atoms with van der Waals surface area (Å²) < 4.78 is 32.3. The van der Waals surface area contributed by atoms with Crippen LogP contribution >= 0.6 is 0 Å². The number of ether oxygens (including phenoxy) is 1. The summed E-state index contributed by atoms with van der Waals surface area (Å²) in [7, 11) is -1.97. The number of sulfonamides is 1. The molecule has 1 amide bonds. The molecule has 2 heterocycles. The lowest BCUT2D eigenvalue weighted by molar-refractivity contribution is -0.143. The topological polar surface area (TPSA) is 88.5 Å². The zero-order valence-corrected chi connectivity index (χ0v) is 17.4. The van der Waals surface area contributed by atoms with Gasteiger partial charge in [0.25, 0.3) is 5.91 Å². The summed E-state index contributed by atoms with van der Waals surface area (Å²) >= 11 is 0. The highest BCUT2D eigenvalue weighted by Crippen LogP contribution is 2.26. The summed E-state index contributed by atoms with van der Waals surface area (Å²) in [6.45, 7) is 1.12. The number of carbonyl (C=O) groups is 1. The van der Waals surface area contributed by atoms with E-state index in [-0.39, 0.29) is 23.9 Å². The first-order valence-electron chi connectivity index (χ1n) is 9.71. The molecule has 1 fully saturated rings. The summed E-state index contributed by atoms with van der Waals surface area (Å²) in [5, 5.41) is 4.09. The molecule has 2 aromatic rings. The van der Waals surface area contributed by atoms with Gasteiger partial charge in [-0.05, 0) is 24.3 Å². The third-order valence-electron chi connectivity index (χ3n) is 5.29. The molecule has 2 aromatic carbocycles. The number of hydrogen-bond donors (Lipinski definition) is 0. The van der Waals surface area contributed by atoms with Gasteiger partial charge in [0.1, 0.15) is 5.75 Å². The molecular weight excluding hydrogens is 406 g/mol. The fraction of sp³-hybridized carbons (Fsp3) is 0.333. The first kappa shape index (κ1) is 20.4. The molecule has 9 heteroatoms. The van der Waals surface area contributed by atoms with Crippen molar-refractivity contribution >= 4 is 21.6 Å². The van der Waals surface area contributed by atoms with E-state index in [9.17, 15) is 13.2 Å². The number of benzene rings is 2. The summed E-state index contributed by atoms with van der Waals surface area (Å²) in [6.07, 6.45) is -0.357. The number of amides is 1. The zero-order valence-electron chi connectivity index (χ0n) is 16.6. The molecule has 0 aromatic heterocycles. The van der Waals surface area contributed by atoms with E-state index in [4.69, 9.17) is 9.57 Å². The second kappa shape index (κ2) is 8.45. The van der Waals surface area contributed by atoms with Gasteiger partial charge >= 0.3 is 0 Å². The van der Waals surface area contributed by atoms with Crippen LogP contribution in [0.1, 0.15) is 12.0 Å². The summed E-state index contributed by atoms with van der Waals surface area (Å²) in [5.74, 6) is 0.494. The van der Waals surface area contributed by atoms with E-state index >= 15 is 0 Å². The Kier molecular flexibility index (Phi) is 5.74. The van der Waals surface area contributed by atoms with E-state index in [1.54, 1.807) is 42.3 Å². The second-order valence-electron chi connectivity index (χ2n) is 7.08. The van der Waals surface area contributed by atoms with Crippen LogP contribution in [0, 0.1) is 0 Å². The van der Waals surface area contributed by atoms with Crippen LogP contribution in [0.4, 0.5) is 0 Å². The SMILES string of the molecule is COc1ccccc1C1=NOC(C(=O)N2CCN(S(=O)(=O)c3ccccc3)CC2)C1. The number of methoxy groups -OCH3 is 1. The van der Waals surface area contributed by atoms with Crippen molar-refractivity contribution in [1.82, 2.24) is 9.21 Å². The standard InChI is InChI=1S/C21H23N3O5S/c1-28-19-10-6-5-9-17(19)18-15-20(29-22-18)21(25)23-11-13-24(14-12-23)30(26,27)16-7-3-2-4-8-16/h2-10,20H,11-15H2,1H3. The van der Waals surface area contributed by atoms with Crippen molar-refractivity contribution in [2.45, 2.75) is 17.4 Å². The van der Waals surface area contributed by atoms with Gasteiger partial charge in [-0.15, -0.1) is 0 Å². The van der Waals surface area contributed by atoms with Gasteiger partial charge in [0.05, 0.1) is 17.7 Å². The maximum atomic E-state index is 12.9. The van der Waals surface area contributed by atoms with E-state index in [1.807, 2.05) is 24.3 Å². The molecule has 0 saturated carbocycles. The molecule has 1 atom stereocenters. The molecular formula is C21H23N3O5S. The minimum atomic E-state index is -3.56. The van der Waals surface area contributed by atoms with Crippen molar-refractivity contribution in [3.8, 4) is 5.75 Å². The van der Waals surface area contributed by atoms with E-state index in [0.29, 0.717) is 31.0 Å². The van der Waals surface area contributed by atoms with Gasteiger partial charge in [-0.3, -0.25) is 4.79 Å². The lowest BCUT2D eigenvalue weighted by Gasteiger charge is -2.34.